The van der Waals surface area contributed by atoms with E-state index < -0.39 is 0 Å². The minimum Gasteiger partial charge on any atom is -0.496 e. The van der Waals surface area contributed by atoms with Gasteiger partial charge in [-0.15, -0.1) is 0 Å². The number of hydrogen-bond acceptors (Lipinski definition) is 3. The van der Waals surface area contributed by atoms with E-state index in [9.17, 15) is 0 Å². The maximum Gasteiger partial charge on any atom is 0.219 e. The molecule has 3 nitrogen and oxygen atoms in total. The maximum atomic E-state index is 5.78. The van der Waals surface area contributed by atoms with E-state index >= 15 is 0 Å². The van der Waals surface area contributed by atoms with E-state index in [2.05, 4.69) is 18.8 Å². The van der Waals surface area contributed by atoms with Gasteiger partial charge in [-0.25, -0.2) is 4.98 Å². The van der Waals surface area contributed by atoms with Crippen molar-refractivity contribution in [3.63, 3.8) is 0 Å². The number of ether oxygens (including phenoxy) is 2. The van der Waals surface area contributed by atoms with Crippen LogP contribution in [0.3, 0.4) is 0 Å². The molecule has 0 bridgehead atoms. The van der Waals surface area contributed by atoms with Gasteiger partial charge in [0.25, 0.3) is 0 Å². The van der Waals surface area contributed by atoms with Gasteiger partial charge in [-0.3, -0.25) is 0 Å². The van der Waals surface area contributed by atoms with Crippen LogP contribution < -0.4 is 9.47 Å². The molecule has 1 aromatic carbocycles. The number of methoxy groups -OCH3 is 1. The van der Waals surface area contributed by atoms with E-state index in [1.807, 2.05) is 36.4 Å². The molecule has 1 unspecified atom stereocenters. The molecule has 3 heteroatoms. The van der Waals surface area contributed by atoms with Gasteiger partial charge in [0.1, 0.15) is 11.5 Å². The lowest BCUT2D eigenvalue weighted by molar-refractivity contribution is 0.402. The molecule has 0 saturated heterocycles. The van der Waals surface area contributed by atoms with E-state index in [4.69, 9.17) is 9.47 Å². The Bertz CT molecular complexity index is 540. The molecule has 0 fully saturated rings. The molecular weight excluding hydrogens is 250 g/mol. The lowest BCUT2D eigenvalue weighted by Crippen LogP contribution is -1.98. The van der Waals surface area contributed by atoms with Crippen LogP contribution in [0.25, 0.3) is 0 Å². The summed E-state index contributed by atoms with van der Waals surface area (Å²) in [6.07, 6.45) is 4.00. The van der Waals surface area contributed by atoms with Gasteiger partial charge in [0, 0.05) is 17.8 Å². The Morgan fingerprint density at radius 3 is 2.70 bits per heavy atom. The first-order valence-corrected chi connectivity index (χ1v) is 7.01. The third-order valence-corrected chi connectivity index (χ3v) is 3.31. The van der Waals surface area contributed by atoms with Crippen LogP contribution in [-0.4, -0.2) is 12.1 Å². The third-order valence-electron chi connectivity index (χ3n) is 3.31. The summed E-state index contributed by atoms with van der Waals surface area (Å²) in [5.41, 5.74) is 1.18. The van der Waals surface area contributed by atoms with Crippen LogP contribution in [0.4, 0.5) is 0 Å². The average molecular weight is 271 g/mol. The molecule has 0 amide bonds. The Hall–Kier alpha value is -2.03. The molecule has 0 saturated carbocycles. The van der Waals surface area contributed by atoms with Gasteiger partial charge < -0.3 is 9.47 Å². The quantitative estimate of drug-likeness (QED) is 0.757. The van der Waals surface area contributed by atoms with Gasteiger partial charge in [0.2, 0.25) is 5.88 Å². The summed E-state index contributed by atoms with van der Waals surface area (Å²) < 4.78 is 11.2. The van der Waals surface area contributed by atoms with Crippen molar-refractivity contribution in [1.29, 1.82) is 0 Å². The first kappa shape index (κ1) is 14.4. The van der Waals surface area contributed by atoms with Crippen LogP contribution >= 0.6 is 0 Å². The van der Waals surface area contributed by atoms with Gasteiger partial charge in [-0.1, -0.05) is 26.3 Å². The topological polar surface area (TPSA) is 31.4 Å². The Morgan fingerprint density at radius 2 is 2.05 bits per heavy atom. The molecule has 0 N–H and O–H groups in total. The molecule has 0 aliphatic heterocycles. The molecule has 106 valence electrons. The van der Waals surface area contributed by atoms with Gasteiger partial charge >= 0.3 is 0 Å². The molecule has 0 spiro atoms. The SMILES string of the molecule is CCCC(C)c1cc(Oc2ccccn2)ccc1OC. The van der Waals surface area contributed by atoms with Crippen LogP contribution in [0.2, 0.25) is 0 Å². The number of aromatic nitrogens is 1. The second-order valence-electron chi connectivity index (χ2n) is 4.86. The third kappa shape index (κ3) is 3.50. The predicted octanol–water partition coefficient (Wildman–Crippen LogP) is 4.79. The van der Waals surface area contributed by atoms with Crippen LogP contribution in [0.15, 0.2) is 42.6 Å². The Kier molecular flexibility index (Phi) is 4.99. The molecule has 1 aromatic heterocycles. The largest absolute Gasteiger partial charge is 0.496 e. The molecule has 2 rings (SSSR count). The molecule has 0 aliphatic rings. The Labute approximate surface area is 120 Å². The molecule has 20 heavy (non-hydrogen) atoms. The molecule has 1 heterocycles. The summed E-state index contributed by atoms with van der Waals surface area (Å²) in [4.78, 5) is 4.17. The number of hydrogen-bond donors (Lipinski definition) is 0. The minimum absolute atomic E-state index is 0.447. The van der Waals surface area contributed by atoms with E-state index in [1.54, 1.807) is 13.3 Å². The zero-order valence-electron chi connectivity index (χ0n) is 12.3. The summed E-state index contributed by atoms with van der Waals surface area (Å²) in [6, 6.07) is 11.5. The van der Waals surface area contributed by atoms with E-state index in [1.165, 1.54) is 5.56 Å². The van der Waals surface area contributed by atoms with Gasteiger partial charge in [0.05, 0.1) is 7.11 Å². The molecule has 1 atom stereocenters. The van der Waals surface area contributed by atoms with Crippen molar-refractivity contribution in [2.75, 3.05) is 7.11 Å². The highest BCUT2D eigenvalue weighted by atomic mass is 16.5. The van der Waals surface area contributed by atoms with Gasteiger partial charge in [-0.05, 0) is 36.6 Å². The fourth-order valence-corrected chi connectivity index (χ4v) is 2.28. The molecular formula is C17H21NO2. The van der Waals surface area contributed by atoms with E-state index in [-0.39, 0.29) is 0 Å². The van der Waals surface area contributed by atoms with Gasteiger partial charge in [-0.2, -0.15) is 0 Å². The van der Waals surface area contributed by atoms with Gasteiger partial charge in [0.15, 0.2) is 0 Å². The zero-order chi connectivity index (χ0) is 14.4. The summed E-state index contributed by atoms with van der Waals surface area (Å²) >= 11 is 0. The van der Waals surface area contributed by atoms with Crippen molar-refractivity contribution in [2.24, 2.45) is 0 Å². The predicted molar refractivity (Wildman–Crippen MR) is 80.6 cm³/mol. The van der Waals surface area contributed by atoms with Crippen LogP contribution in [-0.2, 0) is 0 Å². The lowest BCUT2D eigenvalue weighted by Gasteiger charge is -2.16. The van der Waals surface area contributed by atoms with Crippen LogP contribution in [0.1, 0.15) is 38.2 Å². The molecule has 2 aromatic rings. The zero-order valence-corrected chi connectivity index (χ0v) is 12.3. The van der Waals surface area contributed by atoms with Crippen molar-refractivity contribution < 1.29 is 9.47 Å². The first-order valence-electron chi connectivity index (χ1n) is 7.01. The highest BCUT2D eigenvalue weighted by molar-refractivity contribution is 5.43. The average Bonchev–Trinajstić information content (AvgIpc) is 2.48. The smallest absolute Gasteiger partial charge is 0.219 e. The van der Waals surface area contributed by atoms with Crippen LogP contribution in [0.5, 0.6) is 17.4 Å². The Morgan fingerprint density at radius 1 is 1.20 bits per heavy atom. The normalized spacial score (nSPS) is 11.9. The molecule has 0 aliphatic carbocycles. The number of benzene rings is 1. The summed E-state index contributed by atoms with van der Waals surface area (Å²) in [5.74, 6) is 2.76. The monoisotopic (exact) mass is 271 g/mol. The lowest BCUT2D eigenvalue weighted by atomic mass is 9.95. The summed E-state index contributed by atoms with van der Waals surface area (Å²) in [6.45, 7) is 4.41. The second-order valence-corrected chi connectivity index (χ2v) is 4.86. The van der Waals surface area contributed by atoms with E-state index in [0.29, 0.717) is 11.8 Å². The number of rotatable bonds is 6. The number of nitrogens with zero attached hydrogens (tertiary/aromatic N) is 1. The highest BCUT2D eigenvalue weighted by Gasteiger charge is 2.12. The highest BCUT2D eigenvalue weighted by Crippen LogP contribution is 2.33. The summed E-state index contributed by atoms with van der Waals surface area (Å²) in [7, 11) is 1.71. The van der Waals surface area contributed by atoms with E-state index in [0.717, 1.165) is 24.3 Å². The standard InChI is InChI=1S/C17H21NO2/c1-4-7-13(2)15-12-14(9-10-16(15)19-3)20-17-8-5-6-11-18-17/h5-6,8-13H,4,7H2,1-3H3. The van der Waals surface area contributed by atoms with Crippen LogP contribution in [0, 0.1) is 0 Å². The molecule has 0 radical (unpaired) electrons. The fourth-order valence-electron chi connectivity index (χ4n) is 2.28. The van der Waals surface area contributed by atoms with Crippen molar-refractivity contribution in [3.8, 4) is 17.4 Å². The summed E-state index contributed by atoms with van der Waals surface area (Å²) in [5, 5.41) is 0. The van der Waals surface area contributed by atoms with Crippen molar-refractivity contribution >= 4 is 0 Å². The second kappa shape index (κ2) is 6.94. The maximum absolute atomic E-state index is 5.78. The van der Waals surface area contributed by atoms with Crippen molar-refractivity contribution in [2.45, 2.75) is 32.6 Å². The minimum atomic E-state index is 0.447. The fraction of sp³-hybridized carbons (Fsp3) is 0.353. The Balaban J connectivity index is 2.25. The van der Waals surface area contributed by atoms with Crippen molar-refractivity contribution in [1.82, 2.24) is 4.98 Å². The number of pyridine rings is 1. The first-order chi connectivity index (χ1) is 9.74. The van der Waals surface area contributed by atoms with Crippen molar-refractivity contribution in [3.05, 3.63) is 48.2 Å².